The molecule has 2 bridgehead atoms. The normalized spacial score (nSPS) is 21.8. The fourth-order valence-corrected chi connectivity index (χ4v) is 4.32. The van der Waals surface area contributed by atoms with Crippen molar-refractivity contribution in [1.29, 1.82) is 0 Å². The van der Waals surface area contributed by atoms with Gasteiger partial charge in [-0.25, -0.2) is 9.59 Å². The van der Waals surface area contributed by atoms with Crippen molar-refractivity contribution >= 4 is 22.8 Å². The molecule has 7 heteroatoms. The lowest BCUT2D eigenvalue weighted by Crippen LogP contribution is -2.52. The van der Waals surface area contributed by atoms with E-state index in [0.717, 1.165) is 18.2 Å². The van der Waals surface area contributed by atoms with Crippen molar-refractivity contribution in [3.05, 3.63) is 66.9 Å². The van der Waals surface area contributed by atoms with Crippen molar-refractivity contribution < 1.29 is 24.5 Å². The first-order valence-corrected chi connectivity index (χ1v) is 10.7. The number of aromatic nitrogens is 1. The summed E-state index contributed by atoms with van der Waals surface area (Å²) in [5.41, 5.74) is 3.66. The first-order valence-electron chi connectivity index (χ1n) is 10.7. The van der Waals surface area contributed by atoms with Crippen LogP contribution in [-0.2, 0) is 9.59 Å². The maximum Gasteiger partial charge on any atom is 0.328 e. The maximum atomic E-state index is 9.55. The third-order valence-electron chi connectivity index (χ3n) is 5.99. The Balaban J connectivity index is 0.000000265. The Labute approximate surface area is 185 Å². The van der Waals surface area contributed by atoms with Gasteiger partial charge in [0.15, 0.2) is 0 Å². The molecule has 3 aliphatic rings. The van der Waals surface area contributed by atoms with Crippen LogP contribution in [0, 0.1) is 5.92 Å². The van der Waals surface area contributed by atoms with Crippen LogP contribution in [0.5, 0.6) is 5.75 Å². The zero-order chi connectivity index (χ0) is 22.5. The Morgan fingerprint density at radius 2 is 1.59 bits per heavy atom. The van der Waals surface area contributed by atoms with Crippen LogP contribution < -0.4 is 4.74 Å². The van der Waals surface area contributed by atoms with Crippen LogP contribution in [0.4, 0.5) is 0 Å². The van der Waals surface area contributed by atoms with Crippen molar-refractivity contribution in [2.75, 3.05) is 19.6 Å². The third-order valence-corrected chi connectivity index (χ3v) is 5.99. The third kappa shape index (κ3) is 5.36. The number of nitrogens with zero attached hydrogens (tertiary/aromatic N) is 1. The molecule has 4 heterocycles. The van der Waals surface area contributed by atoms with Crippen molar-refractivity contribution in [3.8, 4) is 16.9 Å². The molecule has 1 atom stereocenters. The molecular formula is C25H26N2O5. The zero-order valence-corrected chi connectivity index (χ0v) is 17.6. The van der Waals surface area contributed by atoms with Crippen LogP contribution in [0.15, 0.2) is 66.9 Å². The molecule has 0 aliphatic carbocycles. The first kappa shape index (κ1) is 21.6. The van der Waals surface area contributed by atoms with E-state index in [9.17, 15) is 9.59 Å². The van der Waals surface area contributed by atoms with Crippen LogP contribution in [0.2, 0.25) is 0 Å². The van der Waals surface area contributed by atoms with Gasteiger partial charge in [0.2, 0.25) is 0 Å². The van der Waals surface area contributed by atoms with Gasteiger partial charge >= 0.3 is 11.9 Å². The van der Waals surface area contributed by atoms with Gasteiger partial charge in [0.25, 0.3) is 0 Å². The standard InChI is InChI=1S/C21H22N2O.C4H4O4/c1-4-19(24-21-14-23-11-8-16(21)9-12-23)5-2-15(1)17-3-6-20-18(13-17)7-10-22-20;5-3(6)1-2-4(7)8/h1-7,10,13,16,21-22H,8-9,11-12,14H2;1-2H,(H,5,6)(H,7,8). The first-order chi connectivity index (χ1) is 15.5. The molecule has 3 fully saturated rings. The highest BCUT2D eigenvalue weighted by Crippen LogP contribution is 2.32. The van der Waals surface area contributed by atoms with E-state index in [1.165, 1.54) is 48.0 Å². The molecule has 3 N–H and O–H groups in total. The van der Waals surface area contributed by atoms with Crippen molar-refractivity contribution in [2.24, 2.45) is 5.92 Å². The molecule has 32 heavy (non-hydrogen) atoms. The van der Waals surface area contributed by atoms with E-state index in [-0.39, 0.29) is 0 Å². The van der Waals surface area contributed by atoms with E-state index in [4.69, 9.17) is 14.9 Å². The Morgan fingerprint density at radius 3 is 2.19 bits per heavy atom. The van der Waals surface area contributed by atoms with Crippen molar-refractivity contribution in [1.82, 2.24) is 9.88 Å². The number of fused-ring (bicyclic) bond motifs is 4. The predicted molar refractivity (Wildman–Crippen MR) is 122 cm³/mol. The molecule has 0 spiro atoms. The molecule has 166 valence electrons. The number of benzene rings is 2. The minimum Gasteiger partial charge on any atom is -0.489 e. The number of nitrogens with one attached hydrogen (secondary N) is 1. The summed E-state index contributed by atoms with van der Waals surface area (Å²) in [6, 6.07) is 17.2. The minimum absolute atomic E-state index is 0.370. The SMILES string of the molecule is O=C(O)C=CC(=O)O.c1cc2cc(-c3ccc(OC4CN5CCC4CC5)cc3)ccc2[nH]1. The summed E-state index contributed by atoms with van der Waals surface area (Å²) in [6.07, 6.45) is 6.05. The highest BCUT2D eigenvalue weighted by molar-refractivity contribution is 5.89. The molecule has 0 saturated carbocycles. The van der Waals surface area contributed by atoms with Gasteiger partial charge in [-0.15, -0.1) is 0 Å². The molecule has 0 amide bonds. The van der Waals surface area contributed by atoms with Gasteiger partial charge < -0.3 is 19.9 Å². The van der Waals surface area contributed by atoms with E-state index >= 15 is 0 Å². The number of aromatic amines is 1. The zero-order valence-electron chi connectivity index (χ0n) is 17.6. The second-order valence-electron chi connectivity index (χ2n) is 8.11. The lowest BCUT2D eigenvalue weighted by Gasteiger charge is -2.44. The fraction of sp³-hybridized carbons (Fsp3) is 0.280. The Morgan fingerprint density at radius 1 is 0.938 bits per heavy atom. The van der Waals surface area contributed by atoms with Gasteiger partial charge in [-0.1, -0.05) is 18.2 Å². The predicted octanol–water partition coefficient (Wildman–Crippen LogP) is 4.02. The Hall–Kier alpha value is -3.58. The Bertz CT molecular complexity index is 1090. The summed E-state index contributed by atoms with van der Waals surface area (Å²) in [7, 11) is 0. The van der Waals surface area contributed by atoms with Crippen LogP contribution in [-0.4, -0.2) is 57.8 Å². The van der Waals surface area contributed by atoms with E-state index in [1.807, 2.05) is 6.20 Å². The molecule has 7 nitrogen and oxygen atoms in total. The van der Waals surface area contributed by atoms with Crippen LogP contribution in [0.25, 0.3) is 22.0 Å². The van der Waals surface area contributed by atoms with Crippen molar-refractivity contribution in [3.63, 3.8) is 0 Å². The monoisotopic (exact) mass is 434 g/mol. The molecule has 3 saturated heterocycles. The second kappa shape index (κ2) is 9.70. The quantitative estimate of drug-likeness (QED) is 0.524. The van der Waals surface area contributed by atoms with Gasteiger partial charge in [-0.2, -0.15) is 0 Å². The summed E-state index contributed by atoms with van der Waals surface area (Å²) in [6.45, 7) is 3.60. The van der Waals surface area contributed by atoms with Crippen LogP contribution >= 0.6 is 0 Å². The smallest absolute Gasteiger partial charge is 0.328 e. The number of piperidine rings is 3. The van der Waals surface area contributed by atoms with Crippen LogP contribution in [0.1, 0.15) is 12.8 Å². The number of hydrogen-bond donors (Lipinski definition) is 3. The molecule has 2 aromatic carbocycles. The van der Waals surface area contributed by atoms with Crippen LogP contribution in [0.3, 0.4) is 0 Å². The maximum absolute atomic E-state index is 9.55. The van der Waals surface area contributed by atoms with E-state index in [0.29, 0.717) is 18.3 Å². The lowest BCUT2D eigenvalue weighted by molar-refractivity contribution is -0.134. The molecule has 0 radical (unpaired) electrons. The topological polar surface area (TPSA) is 103 Å². The van der Waals surface area contributed by atoms with Gasteiger partial charge in [0.05, 0.1) is 0 Å². The Kier molecular flexibility index (Phi) is 6.56. The number of aliphatic carboxylic acids is 2. The summed E-state index contributed by atoms with van der Waals surface area (Å²) < 4.78 is 6.29. The van der Waals surface area contributed by atoms with E-state index in [2.05, 4.69) is 58.4 Å². The minimum atomic E-state index is -1.26. The summed E-state index contributed by atoms with van der Waals surface area (Å²) >= 11 is 0. The average molecular weight is 434 g/mol. The van der Waals surface area contributed by atoms with Gasteiger partial charge in [-0.3, -0.25) is 4.90 Å². The van der Waals surface area contributed by atoms with E-state index in [1.54, 1.807) is 0 Å². The number of carboxylic acids is 2. The number of carboxylic acid groups (broad SMARTS) is 2. The number of ether oxygens (including phenoxy) is 1. The highest BCUT2D eigenvalue weighted by atomic mass is 16.5. The van der Waals surface area contributed by atoms with Gasteiger partial charge in [0.1, 0.15) is 11.9 Å². The van der Waals surface area contributed by atoms with Crippen molar-refractivity contribution in [2.45, 2.75) is 18.9 Å². The molecule has 1 unspecified atom stereocenters. The molecule has 3 aromatic rings. The summed E-state index contributed by atoms with van der Waals surface area (Å²) in [5, 5.41) is 16.9. The molecule has 1 aromatic heterocycles. The summed E-state index contributed by atoms with van der Waals surface area (Å²) in [4.78, 5) is 24.9. The number of hydrogen-bond acceptors (Lipinski definition) is 4. The van der Waals surface area contributed by atoms with Gasteiger partial charge in [-0.05, 0) is 78.7 Å². The lowest BCUT2D eigenvalue weighted by atomic mass is 9.86. The number of carbonyl (C=O) groups is 2. The van der Waals surface area contributed by atoms with Gasteiger partial charge in [0, 0.05) is 30.4 Å². The molecular weight excluding hydrogens is 408 g/mol. The fourth-order valence-electron chi connectivity index (χ4n) is 4.32. The molecule has 6 rings (SSSR count). The molecule has 3 aliphatic heterocycles. The van der Waals surface area contributed by atoms with E-state index < -0.39 is 11.9 Å². The summed E-state index contributed by atoms with van der Waals surface area (Å²) in [5.74, 6) is -0.773. The number of H-pyrrole nitrogens is 1. The number of rotatable bonds is 5. The second-order valence-corrected chi connectivity index (χ2v) is 8.11. The average Bonchev–Trinajstić information content (AvgIpc) is 3.27. The largest absolute Gasteiger partial charge is 0.489 e. The highest BCUT2D eigenvalue weighted by Gasteiger charge is 2.35.